The molecule has 32 heavy (non-hydrogen) atoms. The number of benzene rings is 1. The van der Waals surface area contributed by atoms with Gasteiger partial charge in [0, 0.05) is 30.1 Å². The van der Waals surface area contributed by atoms with Crippen LogP contribution in [-0.4, -0.2) is 37.5 Å². The molecule has 1 N–H and O–H groups in total. The number of nitrogens with zero attached hydrogens (tertiary/aromatic N) is 3. The van der Waals surface area contributed by atoms with Gasteiger partial charge in [0.05, 0.1) is 18.2 Å². The van der Waals surface area contributed by atoms with Gasteiger partial charge in [-0.05, 0) is 49.6 Å². The maximum atomic E-state index is 13.4. The highest BCUT2D eigenvalue weighted by molar-refractivity contribution is 5.84. The van der Waals surface area contributed by atoms with Crippen molar-refractivity contribution in [2.75, 3.05) is 0 Å². The van der Waals surface area contributed by atoms with E-state index in [1.54, 1.807) is 35.5 Å². The first-order valence-corrected chi connectivity index (χ1v) is 10.6. The lowest BCUT2D eigenvalue weighted by molar-refractivity contribution is -0.141. The molecule has 0 saturated carbocycles. The fourth-order valence-electron chi connectivity index (χ4n) is 4.52. The minimum atomic E-state index is -0.996. The van der Waals surface area contributed by atoms with Gasteiger partial charge < -0.3 is 14.6 Å². The molecule has 3 heterocycles. The smallest absolute Gasteiger partial charge is 0.305 e. The van der Waals surface area contributed by atoms with Crippen LogP contribution in [0.2, 0.25) is 0 Å². The second-order valence-electron chi connectivity index (χ2n) is 8.20. The number of rotatable bonds is 6. The predicted molar refractivity (Wildman–Crippen MR) is 120 cm³/mol. The molecule has 3 aromatic rings. The molecule has 0 spiro atoms. The van der Waals surface area contributed by atoms with Gasteiger partial charge in [-0.3, -0.25) is 19.4 Å². The zero-order chi connectivity index (χ0) is 22.8. The Balaban J connectivity index is 1.74. The summed E-state index contributed by atoms with van der Waals surface area (Å²) in [5.74, 6) is -1.24. The predicted octanol–water partition coefficient (Wildman–Crippen LogP) is 3.60. The standard InChI is InChI=1S/C25H25N3O4/c1-16-7-3-4-8-19(16)20-14-18(10-11-26-20)21(15-24(30)31)28-17(2)13-22(25(28)32)27-12-6-5-9-23(27)29/h3-12,14,17,21-22H,13,15H2,1-2H3,(H,30,31). The fraction of sp³-hybridized carbons (Fsp3) is 0.280. The number of aliphatic carboxylic acids is 1. The molecule has 0 bridgehead atoms. The quantitative estimate of drug-likeness (QED) is 0.644. The third kappa shape index (κ3) is 4.06. The van der Waals surface area contributed by atoms with Crippen molar-refractivity contribution in [2.24, 2.45) is 0 Å². The molecule has 1 saturated heterocycles. The largest absolute Gasteiger partial charge is 0.481 e. The molecule has 1 aliphatic rings. The first-order valence-electron chi connectivity index (χ1n) is 10.6. The number of hydrogen-bond donors (Lipinski definition) is 1. The lowest BCUT2D eigenvalue weighted by Gasteiger charge is -2.31. The van der Waals surface area contributed by atoms with E-state index in [1.165, 1.54) is 10.6 Å². The number of aromatic nitrogens is 2. The van der Waals surface area contributed by atoms with Crippen LogP contribution in [0.3, 0.4) is 0 Å². The summed E-state index contributed by atoms with van der Waals surface area (Å²) in [5, 5.41) is 9.63. The van der Waals surface area contributed by atoms with Gasteiger partial charge in [0.1, 0.15) is 6.04 Å². The highest BCUT2D eigenvalue weighted by Gasteiger charge is 2.43. The second-order valence-corrected chi connectivity index (χ2v) is 8.20. The van der Waals surface area contributed by atoms with Crippen molar-refractivity contribution in [1.29, 1.82) is 0 Å². The Labute approximate surface area is 186 Å². The van der Waals surface area contributed by atoms with Crippen LogP contribution in [-0.2, 0) is 9.59 Å². The monoisotopic (exact) mass is 431 g/mol. The van der Waals surface area contributed by atoms with Gasteiger partial charge in [-0.2, -0.15) is 0 Å². The minimum absolute atomic E-state index is 0.223. The second kappa shape index (κ2) is 8.78. The van der Waals surface area contributed by atoms with Crippen LogP contribution >= 0.6 is 0 Å². The number of aryl methyl sites for hydroxylation is 1. The molecule has 0 aliphatic carbocycles. The first kappa shape index (κ1) is 21.5. The fourth-order valence-corrected chi connectivity index (χ4v) is 4.52. The van der Waals surface area contributed by atoms with Crippen molar-refractivity contribution in [2.45, 2.75) is 44.8 Å². The van der Waals surface area contributed by atoms with Crippen molar-refractivity contribution in [1.82, 2.24) is 14.5 Å². The maximum Gasteiger partial charge on any atom is 0.305 e. The Morgan fingerprint density at radius 3 is 2.62 bits per heavy atom. The Hall–Kier alpha value is -3.74. The molecule has 1 fully saturated rings. The molecule has 7 heteroatoms. The van der Waals surface area contributed by atoms with Crippen LogP contribution in [0.1, 0.15) is 43.0 Å². The van der Waals surface area contributed by atoms with Gasteiger partial charge in [-0.25, -0.2) is 0 Å². The van der Waals surface area contributed by atoms with E-state index in [0.29, 0.717) is 12.0 Å². The Morgan fingerprint density at radius 1 is 1.16 bits per heavy atom. The van der Waals surface area contributed by atoms with Gasteiger partial charge in [-0.15, -0.1) is 0 Å². The van der Waals surface area contributed by atoms with E-state index >= 15 is 0 Å². The Bertz CT molecular complexity index is 1220. The van der Waals surface area contributed by atoms with Gasteiger partial charge in [0.2, 0.25) is 5.91 Å². The summed E-state index contributed by atoms with van der Waals surface area (Å²) < 4.78 is 1.43. The van der Waals surface area contributed by atoms with Crippen molar-refractivity contribution < 1.29 is 14.7 Å². The number of hydrogen-bond acceptors (Lipinski definition) is 4. The van der Waals surface area contributed by atoms with Crippen molar-refractivity contribution in [3.63, 3.8) is 0 Å². The number of carboxylic acids is 1. The van der Waals surface area contributed by atoms with E-state index in [1.807, 2.05) is 44.2 Å². The van der Waals surface area contributed by atoms with Crippen LogP contribution in [0.4, 0.5) is 0 Å². The summed E-state index contributed by atoms with van der Waals surface area (Å²) in [4.78, 5) is 43.6. The van der Waals surface area contributed by atoms with E-state index < -0.39 is 18.1 Å². The number of pyridine rings is 2. The first-order chi connectivity index (χ1) is 15.4. The third-order valence-electron chi connectivity index (χ3n) is 6.06. The summed E-state index contributed by atoms with van der Waals surface area (Å²) in [6, 6.07) is 14.7. The molecule has 164 valence electrons. The molecular weight excluding hydrogens is 406 g/mol. The number of carboxylic acid groups (broad SMARTS) is 1. The molecule has 4 rings (SSSR count). The number of amides is 1. The summed E-state index contributed by atoms with van der Waals surface area (Å²) in [6.07, 6.45) is 3.46. The molecule has 3 unspecified atom stereocenters. The summed E-state index contributed by atoms with van der Waals surface area (Å²) in [5.41, 5.74) is 3.20. The minimum Gasteiger partial charge on any atom is -0.481 e. The number of carbonyl (C=O) groups is 2. The SMILES string of the molecule is Cc1ccccc1-c1cc(C(CC(=O)O)N2C(=O)C(n3ccccc3=O)CC2C)ccn1. The van der Waals surface area contributed by atoms with Crippen molar-refractivity contribution in [3.8, 4) is 11.3 Å². The Morgan fingerprint density at radius 2 is 1.91 bits per heavy atom. The average Bonchev–Trinajstić information content (AvgIpc) is 3.06. The van der Waals surface area contributed by atoms with E-state index in [0.717, 1.165) is 16.8 Å². The van der Waals surface area contributed by atoms with Crippen LogP contribution in [0.15, 0.2) is 71.8 Å². The lowest BCUT2D eigenvalue weighted by atomic mass is 9.98. The zero-order valence-corrected chi connectivity index (χ0v) is 18.0. The summed E-state index contributed by atoms with van der Waals surface area (Å²) >= 11 is 0. The zero-order valence-electron chi connectivity index (χ0n) is 18.0. The normalized spacial score (nSPS) is 19.2. The summed E-state index contributed by atoms with van der Waals surface area (Å²) in [7, 11) is 0. The maximum absolute atomic E-state index is 13.4. The topological polar surface area (TPSA) is 92.5 Å². The van der Waals surface area contributed by atoms with Crippen LogP contribution < -0.4 is 5.56 Å². The molecule has 0 radical (unpaired) electrons. The van der Waals surface area contributed by atoms with E-state index in [9.17, 15) is 19.5 Å². The van der Waals surface area contributed by atoms with Crippen molar-refractivity contribution in [3.05, 3.63) is 88.5 Å². The Kier molecular flexibility index (Phi) is 5.90. The van der Waals surface area contributed by atoms with Gasteiger partial charge in [-0.1, -0.05) is 30.3 Å². The highest BCUT2D eigenvalue weighted by Crippen LogP contribution is 2.38. The third-order valence-corrected chi connectivity index (χ3v) is 6.06. The van der Waals surface area contributed by atoms with Crippen LogP contribution in [0.5, 0.6) is 0 Å². The van der Waals surface area contributed by atoms with Gasteiger partial charge in [0.15, 0.2) is 0 Å². The molecule has 2 aromatic heterocycles. The van der Waals surface area contributed by atoms with Crippen LogP contribution in [0.25, 0.3) is 11.3 Å². The van der Waals surface area contributed by atoms with E-state index in [2.05, 4.69) is 4.98 Å². The van der Waals surface area contributed by atoms with Gasteiger partial charge in [0.25, 0.3) is 5.56 Å². The van der Waals surface area contributed by atoms with E-state index in [-0.39, 0.29) is 23.9 Å². The average molecular weight is 431 g/mol. The molecule has 1 amide bonds. The molecule has 3 atom stereocenters. The lowest BCUT2D eigenvalue weighted by Crippen LogP contribution is -2.38. The molecule has 1 aromatic carbocycles. The summed E-state index contributed by atoms with van der Waals surface area (Å²) in [6.45, 7) is 3.89. The van der Waals surface area contributed by atoms with Crippen LogP contribution in [0, 0.1) is 6.92 Å². The number of carbonyl (C=O) groups excluding carboxylic acids is 1. The van der Waals surface area contributed by atoms with Gasteiger partial charge >= 0.3 is 5.97 Å². The van der Waals surface area contributed by atoms with Crippen molar-refractivity contribution >= 4 is 11.9 Å². The van der Waals surface area contributed by atoms with E-state index in [4.69, 9.17) is 0 Å². The highest BCUT2D eigenvalue weighted by atomic mass is 16.4. The number of likely N-dealkylation sites (tertiary alicyclic amines) is 1. The molecule has 1 aliphatic heterocycles. The molecule has 7 nitrogen and oxygen atoms in total. The molecular formula is C25H25N3O4.